The van der Waals surface area contributed by atoms with E-state index >= 15 is 0 Å². The highest BCUT2D eigenvalue weighted by Gasteiger charge is 2.23. The van der Waals surface area contributed by atoms with E-state index in [1.54, 1.807) is 18.2 Å². The molecule has 2 aromatic rings. The van der Waals surface area contributed by atoms with Gasteiger partial charge in [-0.25, -0.2) is 4.79 Å². The van der Waals surface area contributed by atoms with E-state index < -0.39 is 12.0 Å². The first kappa shape index (κ1) is 17.8. The highest BCUT2D eigenvalue weighted by molar-refractivity contribution is 5.96. The first-order valence-corrected chi connectivity index (χ1v) is 8.68. The van der Waals surface area contributed by atoms with Crippen LogP contribution in [-0.4, -0.2) is 47.8 Å². The van der Waals surface area contributed by atoms with E-state index in [2.05, 4.69) is 10.5 Å². The molecule has 10 heteroatoms. The van der Waals surface area contributed by atoms with Crippen molar-refractivity contribution in [2.24, 2.45) is 0 Å². The van der Waals surface area contributed by atoms with Crippen LogP contribution in [0.2, 0.25) is 0 Å². The molecular formula is C18H17N3O7. The molecule has 1 N–H and O–H groups in total. The number of esters is 1. The lowest BCUT2D eigenvalue weighted by Crippen LogP contribution is -2.49. The second-order valence-corrected chi connectivity index (χ2v) is 6.25. The van der Waals surface area contributed by atoms with Gasteiger partial charge in [-0.2, -0.15) is 0 Å². The number of benzene rings is 1. The van der Waals surface area contributed by atoms with Crippen molar-refractivity contribution in [2.75, 3.05) is 19.9 Å². The fourth-order valence-corrected chi connectivity index (χ4v) is 2.83. The molecule has 1 fully saturated rings. The van der Waals surface area contributed by atoms with Crippen molar-refractivity contribution in [3.63, 3.8) is 0 Å². The third kappa shape index (κ3) is 3.90. The molecule has 0 bridgehead atoms. The third-order valence-corrected chi connectivity index (χ3v) is 4.33. The number of ether oxygens (including phenoxy) is 3. The lowest BCUT2D eigenvalue weighted by Gasteiger charge is -2.25. The van der Waals surface area contributed by atoms with Crippen LogP contribution in [0.5, 0.6) is 11.5 Å². The first-order chi connectivity index (χ1) is 13.6. The summed E-state index contributed by atoms with van der Waals surface area (Å²) in [6.45, 7) is 0.614. The first-order valence-electron chi connectivity index (χ1n) is 8.68. The molecule has 0 saturated carbocycles. The van der Waals surface area contributed by atoms with Crippen molar-refractivity contribution in [3.8, 4) is 22.8 Å². The van der Waals surface area contributed by atoms with E-state index in [9.17, 15) is 14.4 Å². The molecule has 3 heterocycles. The van der Waals surface area contributed by atoms with E-state index in [0.717, 1.165) is 5.56 Å². The molecule has 1 aromatic carbocycles. The second kappa shape index (κ2) is 7.59. The van der Waals surface area contributed by atoms with E-state index in [1.165, 1.54) is 4.90 Å². The summed E-state index contributed by atoms with van der Waals surface area (Å²) in [6.07, 6.45) is 0.247. The Morgan fingerprint density at radius 2 is 2.07 bits per heavy atom. The van der Waals surface area contributed by atoms with Crippen LogP contribution in [0.3, 0.4) is 0 Å². The van der Waals surface area contributed by atoms with Gasteiger partial charge in [0.05, 0.1) is 6.42 Å². The number of fused-ring (bicyclic) bond motifs is 1. The Bertz CT molecular complexity index is 924. The molecule has 0 unspecified atom stereocenters. The van der Waals surface area contributed by atoms with Crippen molar-refractivity contribution >= 4 is 17.9 Å². The molecule has 1 aromatic heterocycles. The molecule has 0 aliphatic carbocycles. The van der Waals surface area contributed by atoms with Crippen LogP contribution in [0.4, 0.5) is 4.79 Å². The SMILES string of the molecule is O=C1CCN(CCC(=O)OCc2cc(-c3ccc4c(c3)OCO4)on2)C(=O)N1. The van der Waals surface area contributed by atoms with Crippen molar-refractivity contribution in [2.45, 2.75) is 19.4 Å². The van der Waals surface area contributed by atoms with Gasteiger partial charge in [-0.3, -0.25) is 14.9 Å². The number of nitrogens with zero attached hydrogens (tertiary/aromatic N) is 2. The molecule has 1 saturated heterocycles. The summed E-state index contributed by atoms with van der Waals surface area (Å²) < 4.78 is 21.1. The number of urea groups is 1. The smallest absolute Gasteiger partial charge is 0.324 e. The molecule has 2 aliphatic heterocycles. The number of carbonyl (C=O) groups is 3. The molecule has 0 spiro atoms. The Balaban J connectivity index is 1.27. The maximum absolute atomic E-state index is 11.9. The second-order valence-electron chi connectivity index (χ2n) is 6.25. The summed E-state index contributed by atoms with van der Waals surface area (Å²) in [6, 6.07) is 6.57. The normalized spacial score (nSPS) is 15.5. The number of rotatable bonds is 6. The van der Waals surface area contributed by atoms with Gasteiger partial charge in [0.15, 0.2) is 17.3 Å². The Morgan fingerprint density at radius 3 is 2.93 bits per heavy atom. The van der Waals surface area contributed by atoms with E-state index in [4.69, 9.17) is 18.7 Å². The number of nitrogens with one attached hydrogen (secondary N) is 1. The average Bonchev–Trinajstić information content (AvgIpc) is 3.34. The van der Waals surface area contributed by atoms with Crippen LogP contribution < -0.4 is 14.8 Å². The standard InChI is InChI=1S/C18H17N3O7/c22-16-3-5-21(18(24)19-16)6-4-17(23)25-9-12-8-14(28-20-12)11-1-2-13-15(7-11)27-10-26-13/h1-2,7-8H,3-6,9-10H2,(H,19,22,24). The Kier molecular flexibility index (Phi) is 4.83. The summed E-state index contributed by atoms with van der Waals surface area (Å²) in [7, 11) is 0. The minimum Gasteiger partial charge on any atom is -0.459 e. The zero-order valence-electron chi connectivity index (χ0n) is 14.8. The van der Waals surface area contributed by atoms with Gasteiger partial charge < -0.3 is 23.6 Å². The van der Waals surface area contributed by atoms with Crippen molar-refractivity contribution in [1.82, 2.24) is 15.4 Å². The molecular weight excluding hydrogens is 370 g/mol. The number of hydrogen-bond donors (Lipinski definition) is 1. The van der Waals surface area contributed by atoms with Crippen LogP contribution in [0.15, 0.2) is 28.8 Å². The number of hydrogen-bond acceptors (Lipinski definition) is 8. The Hall–Kier alpha value is -3.56. The van der Waals surface area contributed by atoms with Crippen LogP contribution in [0.1, 0.15) is 18.5 Å². The van der Waals surface area contributed by atoms with Gasteiger partial charge in [0.2, 0.25) is 12.7 Å². The zero-order chi connectivity index (χ0) is 19.5. The minimum atomic E-state index is -0.492. The van der Waals surface area contributed by atoms with E-state index in [0.29, 0.717) is 29.5 Å². The van der Waals surface area contributed by atoms with Crippen LogP contribution in [0, 0.1) is 0 Å². The Morgan fingerprint density at radius 1 is 1.21 bits per heavy atom. The summed E-state index contributed by atoms with van der Waals surface area (Å²) in [5.41, 5.74) is 1.22. The van der Waals surface area contributed by atoms with Gasteiger partial charge in [0.25, 0.3) is 0 Å². The molecule has 0 atom stereocenters. The monoisotopic (exact) mass is 387 g/mol. The lowest BCUT2D eigenvalue weighted by molar-refractivity contribution is -0.145. The van der Waals surface area contributed by atoms with E-state index in [1.807, 2.05) is 6.07 Å². The van der Waals surface area contributed by atoms with Gasteiger partial charge in [-0.15, -0.1) is 0 Å². The summed E-state index contributed by atoms with van der Waals surface area (Å²) in [5.74, 6) is 1.03. The van der Waals surface area contributed by atoms with Gasteiger partial charge >= 0.3 is 12.0 Å². The van der Waals surface area contributed by atoms with Gasteiger partial charge in [-0.05, 0) is 18.2 Å². The molecule has 2 aliphatic rings. The minimum absolute atomic E-state index is 0.0223. The molecule has 4 rings (SSSR count). The molecule has 3 amide bonds. The summed E-state index contributed by atoms with van der Waals surface area (Å²) in [4.78, 5) is 36.0. The van der Waals surface area contributed by atoms with Crippen LogP contribution in [0.25, 0.3) is 11.3 Å². The zero-order valence-corrected chi connectivity index (χ0v) is 14.8. The predicted octanol–water partition coefficient (Wildman–Crippen LogP) is 1.45. The molecule has 0 radical (unpaired) electrons. The van der Waals surface area contributed by atoms with Gasteiger partial charge in [-0.1, -0.05) is 5.16 Å². The number of carbonyl (C=O) groups excluding carboxylic acids is 3. The maximum atomic E-state index is 11.9. The topological polar surface area (TPSA) is 120 Å². The van der Waals surface area contributed by atoms with E-state index in [-0.39, 0.29) is 38.7 Å². The third-order valence-electron chi connectivity index (χ3n) is 4.33. The maximum Gasteiger partial charge on any atom is 0.324 e. The fourth-order valence-electron chi connectivity index (χ4n) is 2.83. The number of imide groups is 1. The highest BCUT2D eigenvalue weighted by atomic mass is 16.7. The fraction of sp³-hybridized carbons (Fsp3) is 0.333. The van der Waals surface area contributed by atoms with Crippen molar-refractivity contribution < 1.29 is 33.1 Å². The quantitative estimate of drug-likeness (QED) is 0.740. The molecule has 28 heavy (non-hydrogen) atoms. The van der Waals surface area contributed by atoms with Crippen molar-refractivity contribution in [3.05, 3.63) is 30.0 Å². The molecule has 10 nitrogen and oxygen atoms in total. The van der Waals surface area contributed by atoms with Crippen molar-refractivity contribution in [1.29, 1.82) is 0 Å². The predicted molar refractivity (Wildman–Crippen MR) is 92.2 cm³/mol. The lowest BCUT2D eigenvalue weighted by atomic mass is 10.1. The van der Waals surface area contributed by atoms with Crippen LogP contribution >= 0.6 is 0 Å². The van der Waals surface area contributed by atoms with Crippen LogP contribution in [-0.2, 0) is 20.9 Å². The number of aromatic nitrogens is 1. The molecule has 146 valence electrons. The highest BCUT2D eigenvalue weighted by Crippen LogP contribution is 2.36. The van der Waals surface area contributed by atoms with Gasteiger partial charge in [0, 0.05) is 31.1 Å². The van der Waals surface area contributed by atoms with Gasteiger partial charge in [0.1, 0.15) is 12.3 Å². The summed E-state index contributed by atoms with van der Waals surface area (Å²) >= 11 is 0. The largest absolute Gasteiger partial charge is 0.459 e. The number of amides is 3. The average molecular weight is 387 g/mol. The Labute approximate surface area is 159 Å². The summed E-state index contributed by atoms with van der Waals surface area (Å²) in [5, 5.41) is 6.09.